The molecule has 3 nitrogen and oxygen atoms in total. The highest BCUT2D eigenvalue weighted by molar-refractivity contribution is 5.65. The number of ether oxygens (including phenoxy) is 2. The maximum absolute atomic E-state index is 11.0. The molecule has 0 amide bonds. The van der Waals surface area contributed by atoms with Crippen LogP contribution in [0.25, 0.3) is 0 Å². The van der Waals surface area contributed by atoms with Crippen molar-refractivity contribution < 1.29 is 14.3 Å². The van der Waals surface area contributed by atoms with Gasteiger partial charge in [-0.3, -0.25) is 4.79 Å². The predicted octanol–water partition coefficient (Wildman–Crippen LogP) is 2.95. The van der Waals surface area contributed by atoms with Crippen LogP contribution in [0.3, 0.4) is 0 Å². The van der Waals surface area contributed by atoms with Gasteiger partial charge in [-0.25, -0.2) is 0 Å². The van der Waals surface area contributed by atoms with Gasteiger partial charge in [-0.15, -0.1) is 0 Å². The summed E-state index contributed by atoms with van der Waals surface area (Å²) < 4.78 is 11.3. The SMILES string of the molecule is CC(=O)OC[C@]12CC=C(C)[C@H](C1)[C@H](C(C)C)OC2. The summed E-state index contributed by atoms with van der Waals surface area (Å²) in [7, 11) is 0. The Kier molecular flexibility index (Phi) is 3.81. The highest BCUT2D eigenvalue weighted by atomic mass is 16.5. The van der Waals surface area contributed by atoms with Gasteiger partial charge in [0.05, 0.1) is 19.3 Å². The number of carbonyl (C=O) groups is 1. The fourth-order valence-corrected chi connectivity index (χ4v) is 3.19. The minimum atomic E-state index is -0.196. The topological polar surface area (TPSA) is 35.5 Å². The van der Waals surface area contributed by atoms with E-state index in [0.29, 0.717) is 31.2 Å². The first-order valence-corrected chi connectivity index (χ1v) is 6.85. The van der Waals surface area contributed by atoms with Crippen LogP contribution in [-0.4, -0.2) is 25.3 Å². The van der Waals surface area contributed by atoms with E-state index >= 15 is 0 Å². The number of esters is 1. The first kappa shape index (κ1) is 13.6. The second-order valence-corrected chi connectivity index (χ2v) is 6.26. The molecule has 0 saturated carbocycles. The van der Waals surface area contributed by atoms with Crippen LogP contribution in [0.5, 0.6) is 0 Å². The molecule has 1 aliphatic carbocycles. The Morgan fingerprint density at radius 3 is 2.94 bits per heavy atom. The summed E-state index contributed by atoms with van der Waals surface area (Å²) in [4.78, 5) is 11.0. The normalized spacial score (nSPS) is 35.3. The molecular weight excluding hydrogens is 228 g/mol. The van der Waals surface area contributed by atoms with Crippen molar-refractivity contribution in [2.24, 2.45) is 17.3 Å². The lowest BCUT2D eigenvalue weighted by atomic mass is 9.66. The number of hydrogen-bond donors (Lipinski definition) is 0. The summed E-state index contributed by atoms with van der Waals surface area (Å²) in [5.74, 6) is 0.824. The number of rotatable bonds is 3. The van der Waals surface area contributed by atoms with Crippen LogP contribution in [0.1, 0.15) is 40.5 Å². The van der Waals surface area contributed by atoms with Crippen molar-refractivity contribution in [3.8, 4) is 0 Å². The molecule has 0 spiro atoms. The molecule has 3 heteroatoms. The van der Waals surface area contributed by atoms with Gasteiger partial charge in [0, 0.05) is 18.3 Å². The quantitative estimate of drug-likeness (QED) is 0.572. The van der Waals surface area contributed by atoms with Crippen molar-refractivity contribution in [1.29, 1.82) is 0 Å². The zero-order valence-electron chi connectivity index (χ0n) is 11.9. The Labute approximate surface area is 110 Å². The van der Waals surface area contributed by atoms with Crippen molar-refractivity contribution in [2.45, 2.75) is 46.6 Å². The first-order valence-electron chi connectivity index (χ1n) is 6.85. The van der Waals surface area contributed by atoms with Gasteiger partial charge in [-0.1, -0.05) is 25.5 Å². The van der Waals surface area contributed by atoms with Gasteiger partial charge < -0.3 is 9.47 Å². The molecule has 0 aromatic heterocycles. The van der Waals surface area contributed by atoms with Crippen molar-refractivity contribution in [1.82, 2.24) is 0 Å². The van der Waals surface area contributed by atoms with Crippen LogP contribution in [0, 0.1) is 17.3 Å². The number of carbonyl (C=O) groups excluding carboxylic acids is 1. The van der Waals surface area contributed by atoms with E-state index in [1.807, 2.05) is 0 Å². The summed E-state index contributed by atoms with van der Waals surface area (Å²) in [6.45, 7) is 9.30. The van der Waals surface area contributed by atoms with E-state index in [0.717, 1.165) is 12.8 Å². The lowest BCUT2D eigenvalue weighted by molar-refractivity contribution is -0.158. The molecule has 0 aromatic rings. The molecule has 0 unspecified atom stereocenters. The zero-order valence-corrected chi connectivity index (χ0v) is 11.9. The summed E-state index contributed by atoms with van der Waals surface area (Å²) in [5, 5.41) is 0. The fourth-order valence-electron chi connectivity index (χ4n) is 3.19. The van der Waals surface area contributed by atoms with Crippen molar-refractivity contribution in [3.63, 3.8) is 0 Å². The third-order valence-corrected chi connectivity index (χ3v) is 4.31. The second kappa shape index (κ2) is 5.04. The van der Waals surface area contributed by atoms with Crippen molar-refractivity contribution in [3.05, 3.63) is 11.6 Å². The van der Waals surface area contributed by atoms with Crippen LogP contribution < -0.4 is 0 Å². The largest absolute Gasteiger partial charge is 0.465 e. The van der Waals surface area contributed by atoms with E-state index < -0.39 is 0 Å². The van der Waals surface area contributed by atoms with Crippen LogP contribution in [0.4, 0.5) is 0 Å². The van der Waals surface area contributed by atoms with Crippen LogP contribution in [0.15, 0.2) is 11.6 Å². The third-order valence-electron chi connectivity index (χ3n) is 4.31. The van der Waals surface area contributed by atoms with Crippen LogP contribution in [0.2, 0.25) is 0 Å². The first-order chi connectivity index (χ1) is 8.43. The van der Waals surface area contributed by atoms with E-state index in [1.165, 1.54) is 12.5 Å². The average Bonchev–Trinajstić information content (AvgIpc) is 2.32. The molecular formula is C15H24O3. The van der Waals surface area contributed by atoms with Gasteiger partial charge in [-0.2, -0.15) is 0 Å². The maximum atomic E-state index is 11.0. The monoisotopic (exact) mass is 252 g/mol. The predicted molar refractivity (Wildman–Crippen MR) is 70.1 cm³/mol. The third kappa shape index (κ3) is 2.61. The second-order valence-electron chi connectivity index (χ2n) is 6.26. The molecule has 1 fully saturated rings. The van der Waals surface area contributed by atoms with Gasteiger partial charge in [0.2, 0.25) is 0 Å². The minimum Gasteiger partial charge on any atom is -0.465 e. The summed E-state index contributed by atoms with van der Waals surface area (Å²) in [5.41, 5.74) is 1.45. The van der Waals surface area contributed by atoms with Crippen LogP contribution >= 0.6 is 0 Å². The van der Waals surface area contributed by atoms with Gasteiger partial charge in [-0.05, 0) is 25.7 Å². The van der Waals surface area contributed by atoms with Crippen molar-refractivity contribution in [2.75, 3.05) is 13.2 Å². The van der Waals surface area contributed by atoms with Gasteiger partial charge >= 0.3 is 5.97 Å². The molecule has 0 N–H and O–H groups in total. The lowest BCUT2D eigenvalue weighted by Crippen LogP contribution is -2.48. The molecule has 2 rings (SSSR count). The molecule has 1 aliphatic heterocycles. The summed E-state index contributed by atoms with van der Waals surface area (Å²) in [6, 6.07) is 0. The van der Waals surface area contributed by atoms with Gasteiger partial charge in [0.1, 0.15) is 0 Å². The molecule has 1 saturated heterocycles. The Hall–Kier alpha value is -0.830. The molecule has 1 heterocycles. The van der Waals surface area contributed by atoms with E-state index in [9.17, 15) is 4.79 Å². The Balaban J connectivity index is 2.12. The van der Waals surface area contributed by atoms with Gasteiger partial charge in [0.25, 0.3) is 0 Å². The van der Waals surface area contributed by atoms with E-state index in [-0.39, 0.29) is 11.4 Å². The molecule has 18 heavy (non-hydrogen) atoms. The molecule has 3 atom stereocenters. The fraction of sp³-hybridized carbons (Fsp3) is 0.800. The Morgan fingerprint density at radius 2 is 2.33 bits per heavy atom. The maximum Gasteiger partial charge on any atom is 0.302 e. The Bertz CT molecular complexity index is 359. The average molecular weight is 252 g/mol. The summed E-state index contributed by atoms with van der Waals surface area (Å²) >= 11 is 0. The molecule has 0 aromatic carbocycles. The summed E-state index contributed by atoms with van der Waals surface area (Å²) in [6.07, 6.45) is 4.68. The smallest absolute Gasteiger partial charge is 0.302 e. The Morgan fingerprint density at radius 1 is 1.61 bits per heavy atom. The van der Waals surface area contributed by atoms with E-state index in [2.05, 4.69) is 26.8 Å². The van der Waals surface area contributed by atoms with Crippen LogP contribution in [-0.2, 0) is 14.3 Å². The highest BCUT2D eigenvalue weighted by Crippen LogP contribution is 2.46. The number of allylic oxidation sites excluding steroid dienone is 1. The van der Waals surface area contributed by atoms with E-state index in [1.54, 1.807) is 0 Å². The minimum absolute atomic E-state index is 0.0151. The highest BCUT2D eigenvalue weighted by Gasteiger charge is 2.45. The molecule has 0 radical (unpaired) electrons. The molecule has 2 aliphatic rings. The molecule has 102 valence electrons. The number of fused-ring (bicyclic) bond motifs is 2. The van der Waals surface area contributed by atoms with Gasteiger partial charge in [0.15, 0.2) is 0 Å². The molecule has 2 bridgehead atoms. The lowest BCUT2D eigenvalue weighted by Gasteiger charge is -2.48. The zero-order chi connectivity index (χ0) is 13.3. The number of hydrogen-bond acceptors (Lipinski definition) is 3. The standard InChI is InChI=1S/C15H24O3/c1-10(2)14-13-7-15(9-18-14,6-5-11(13)3)8-17-12(4)16/h5,10,13-14H,6-9H2,1-4H3/t13-,14-,15-/m0/s1. The van der Waals surface area contributed by atoms with Crippen molar-refractivity contribution >= 4 is 5.97 Å². The van der Waals surface area contributed by atoms with E-state index in [4.69, 9.17) is 9.47 Å².